The van der Waals surface area contributed by atoms with Crippen molar-refractivity contribution in [2.75, 3.05) is 26.4 Å². The van der Waals surface area contributed by atoms with Gasteiger partial charge in [0.2, 0.25) is 0 Å². The summed E-state index contributed by atoms with van der Waals surface area (Å²) in [4.78, 5) is 0. The Morgan fingerprint density at radius 1 is 0.677 bits per heavy atom. The molecule has 0 N–H and O–H groups in total. The smallest absolute Gasteiger partial charge is 0.136 e. The zero-order valence-corrected chi connectivity index (χ0v) is 23.3. The highest BCUT2D eigenvalue weighted by molar-refractivity contribution is 9.11. The first-order valence-electron chi connectivity index (χ1n) is 10.4. The number of benzene rings is 2. The fourth-order valence-corrected chi connectivity index (χ4v) is 6.30. The molecule has 2 heterocycles. The maximum Gasteiger partial charge on any atom is 0.136 e. The lowest BCUT2D eigenvalue weighted by molar-refractivity contribution is 0.274. The van der Waals surface area contributed by atoms with Gasteiger partial charge in [-0.3, -0.25) is 0 Å². The fourth-order valence-electron chi connectivity index (χ4n) is 3.45. The topological polar surface area (TPSA) is 43.5 Å². The molecular weight excluding hydrogens is 660 g/mol. The molecule has 2 aromatic carbocycles. The van der Waals surface area contributed by atoms with Crippen LogP contribution in [0, 0.1) is 0 Å². The van der Waals surface area contributed by atoms with Gasteiger partial charge in [0.1, 0.15) is 11.5 Å². The molecule has 4 nitrogen and oxygen atoms in total. The van der Waals surface area contributed by atoms with E-state index in [4.69, 9.17) is 18.9 Å². The number of epoxide rings is 2. The second kappa shape index (κ2) is 11.3. The van der Waals surface area contributed by atoms with E-state index < -0.39 is 0 Å². The molecule has 8 heteroatoms. The Balaban J connectivity index is 1.21. The molecule has 2 atom stereocenters. The van der Waals surface area contributed by atoms with Gasteiger partial charge in [0.05, 0.1) is 47.6 Å². The molecule has 4 rings (SSSR count). The van der Waals surface area contributed by atoms with Crippen molar-refractivity contribution < 1.29 is 18.9 Å². The standard InChI is InChI=1S/C23H24Br4O4/c24-16-6-14(8-18-12-30-18)22(20(26)10-16)28-4-2-1-3-5-29-23-15(9-19-13-31-19)7-17(25)11-21(23)27/h6-7,10-11,18-19H,1-5,8-9,12-13H2. The van der Waals surface area contributed by atoms with Gasteiger partial charge in [0.15, 0.2) is 0 Å². The molecule has 0 aromatic heterocycles. The number of unbranched alkanes of at least 4 members (excludes halogenated alkanes) is 2. The van der Waals surface area contributed by atoms with Crippen molar-refractivity contribution >= 4 is 63.7 Å². The predicted octanol–water partition coefficient (Wildman–Crippen LogP) is 7.25. The number of ether oxygens (including phenoxy) is 4. The maximum absolute atomic E-state index is 6.13. The Labute approximate surface area is 216 Å². The van der Waals surface area contributed by atoms with Crippen LogP contribution in [0.15, 0.2) is 42.2 Å². The number of halogens is 4. The van der Waals surface area contributed by atoms with Crippen molar-refractivity contribution in [3.05, 3.63) is 53.3 Å². The molecule has 0 aliphatic carbocycles. The Bertz CT molecular complexity index is 839. The average Bonchev–Trinajstić information content (AvgIpc) is 3.61. The summed E-state index contributed by atoms with van der Waals surface area (Å²) in [7, 11) is 0. The first kappa shape index (κ1) is 24.0. The minimum Gasteiger partial charge on any atom is -0.492 e. The summed E-state index contributed by atoms with van der Waals surface area (Å²) in [6.45, 7) is 3.05. The molecule has 168 valence electrons. The van der Waals surface area contributed by atoms with Crippen molar-refractivity contribution in [1.82, 2.24) is 0 Å². The lowest BCUT2D eigenvalue weighted by atomic mass is 10.1. The zero-order valence-electron chi connectivity index (χ0n) is 17.0. The van der Waals surface area contributed by atoms with Gasteiger partial charge >= 0.3 is 0 Å². The van der Waals surface area contributed by atoms with Gasteiger partial charge in [-0.15, -0.1) is 0 Å². The van der Waals surface area contributed by atoms with Crippen LogP contribution in [0.1, 0.15) is 30.4 Å². The van der Waals surface area contributed by atoms with E-state index in [-0.39, 0.29) is 0 Å². The first-order chi connectivity index (χ1) is 15.0. The van der Waals surface area contributed by atoms with Crippen molar-refractivity contribution in [3.8, 4) is 11.5 Å². The third-order valence-electron chi connectivity index (χ3n) is 5.15. The Morgan fingerprint density at radius 3 is 1.48 bits per heavy atom. The highest BCUT2D eigenvalue weighted by Crippen LogP contribution is 2.36. The average molecular weight is 684 g/mol. The van der Waals surface area contributed by atoms with Crippen LogP contribution in [0.3, 0.4) is 0 Å². The van der Waals surface area contributed by atoms with E-state index in [1.165, 1.54) is 11.1 Å². The quantitative estimate of drug-likeness (QED) is 0.175. The van der Waals surface area contributed by atoms with Crippen molar-refractivity contribution in [3.63, 3.8) is 0 Å². The number of hydrogen-bond acceptors (Lipinski definition) is 4. The SMILES string of the molecule is Brc1cc(Br)c(OCCCCCOc2c(Br)cc(Br)cc2CC2CO2)c(CC2CO2)c1. The molecule has 2 aromatic rings. The van der Waals surface area contributed by atoms with Crippen LogP contribution in [0.2, 0.25) is 0 Å². The number of rotatable bonds is 12. The second-order valence-corrected chi connectivity index (χ2v) is 11.4. The molecular formula is C23H24Br4O4. The molecule has 2 aliphatic heterocycles. The van der Waals surface area contributed by atoms with Crippen molar-refractivity contribution in [2.24, 2.45) is 0 Å². The zero-order chi connectivity index (χ0) is 21.8. The van der Waals surface area contributed by atoms with Gasteiger partial charge in [-0.1, -0.05) is 31.9 Å². The summed E-state index contributed by atoms with van der Waals surface area (Å²) in [6.07, 6.45) is 5.44. The van der Waals surface area contributed by atoms with Gasteiger partial charge in [0, 0.05) is 21.8 Å². The molecule has 0 amide bonds. The Hall–Kier alpha value is -0.120. The normalized spacial score (nSPS) is 19.4. The third kappa shape index (κ3) is 7.44. The van der Waals surface area contributed by atoms with Crippen LogP contribution in [-0.4, -0.2) is 38.6 Å². The van der Waals surface area contributed by atoms with E-state index in [2.05, 4.69) is 75.9 Å². The highest BCUT2D eigenvalue weighted by Gasteiger charge is 2.26. The second-order valence-electron chi connectivity index (χ2n) is 7.83. The van der Waals surface area contributed by atoms with Gasteiger partial charge in [-0.2, -0.15) is 0 Å². The molecule has 2 unspecified atom stereocenters. The van der Waals surface area contributed by atoms with Gasteiger partial charge in [0.25, 0.3) is 0 Å². The summed E-state index contributed by atoms with van der Waals surface area (Å²) in [5, 5.41) is 0. The predicted molar refractivity (Wildman–Crippen MR) is 135 cm³/mol. The van der Waals surface area contributed by atoms with Crippen LogP contribution in [0.4, 0.5) is 0 Å². The molecule has 0 bridgehead atoms. The van der Waals surface area contributed by atoms with Gasteiger partial charge < -0.3 is 18.9 Å². The van der Waals surface area contributed by atoms with Crippen molar-refractivity contribution in [2.45, 2.75) is 44.3 Å². The van der Waals surface area contributed by atoms with E-state index in [0.717, 1.165) is 74.7 Å². The third-order valence-corrected chi connectivity index (χ3v) is 7.25. The Kier molecular flexibility index (Phi) is 8.79. The molecule has 0 radical (unpaired) electrons. The summed E-state index contributed by atoms with van der Waals surface area (Å²) in [6, 6.07) is 8.30. The van der Waals surface area contributed by atoms with Crippen LogP contribution in [0.5, 0.6) is 11.5 Å². The van der Waals surface area contributed by atoms with E-state index in [0.29, 0.717) is 25.4 Å². The molecule has 2 fully saturated rings. The molecule has 0 saturated carbocycles. The molecule has 2 saturated heterocycles. The Morgan fingerprint density at radius 2 is 1.10 bits per heavy atom. The van der Waals surface area contributed by atoms with Crippen LogP contribution in [0.25, 0.3) is 0 Å². The van der Waals surface area contributed by atoms with E-state index in [9.17, 15) is 0 Å². The fraction of sp³-hybridized carbons (Fsp3) is 0.478. The molecule has 2 aliphatic rings. The van der Waals surface area contributed by atoms with Crippen LogP contribution in [-0.2, 0) is 22.3 Å². The minimum atomic E-state index is 0.329. The highest BCUT2D eigenvalue weighted by atomic mass is 79.9. The summed E-state index contributed by atoms with van der Waals surface area (Å²) < 4.78 is 27.1. The largest absolute Gasteiger partial charge is 0.492 e. The first-order valence-corrected chi connectivity index (χ1v) is 13.6. The lowest BCUT2D eigenvalue weighted by Gasteiger charge is -2.15. The maximum atomic E-state index is 6.13. The van der Waals surface area contributed by atoms with E-state index in [1.807, 2.05) is 12.1 Å². The molecule has 0 spiro atoms. The summed E-state index contributed by atoms with van der Waals surface area (Å²) in [5.41, 5.74) is 2.36. The molecule has 31 heavy (non-hydrogen) atoms. The monoisotopic (exact) mass is 680 g/mol. The summed E-state index contributed by atoms with van der Waals surface area (Å²) >= 11 is 14.4. The van der Waals surface area contributed by atoms with Crippen LogP contribution < -0.4 is 9.47 Å². The van der Waals surface area contributed by atoms with Gasteiger partial charge in [-0.25, -0.2) is 0 Å². The minimum absolute atomic E-state index is 0.329. The van der Waals surface area contributed by atoms with Crippen LogP contribution >= 0.6 is 63.7 Å². The van der Waals surface area contributed by atoms with E-state index >= 15 is 0 Å². The van der Waals surface area contributed by atoms with Crippen molar-refractivity contribution in [1.29, 1.82) is 0 Å². The number of hydrogen-bond donors (Lipinski definition) is 0. The lowest BCUT2D eigenvalue weighted by Crippen LogP contribution is -2.06. The van der Waals surface area contributed by atoms with E-state index in [1.54, 1.807) is 0 Å². The summed E-state index contributed by atoms with van der Waals surface area (Å²) in [5.74, 6) is 1.86. The van der Waals surface area contributed by atoms with Gasteiger partial charge in [-0.05, 0) is 86.5 Å².